The number of aryl methyl sites for hydroxylation is 1. The molecule has 1 fully saturated rings. The first kappa shape index (κ1) is 19.7. The number of methoxy groups -OCH3 is 1. The summed E-state index contributed by atoms with van der Waals surface area (Å²) < 4.78 is 9.86. The van der Waals surface area contributed by atoms with Crippen LogP contribution in [0.15, 0.2) is 58.4 Å². The topological polar surface area (TPSA) is 68.2 Å². The van der Waals surface area contributed by atoms with E-state index in [2.05, 4.69) is 9.73 Å². The molecule has 3 rings (SSSR count). The molecule has 1 aliphatic rings. The Balaban J connectivity index is 1.75. The Kier molecular flexibility index (Phi) is 6.16. The number of ether oxygens (including phenoxy) is 2. The third kappa shape index (κ3) is 4.61. The van der Waals surface area contributed by atoms with Gasteiger partial charge in [0.15, 0.2) is 11.8 Å². The summed E-state index contributed by atoms with van der Waals surface area (Å²) in [5.41, 5.74) is 2.75. The van der Waals surface area contributed by atoms with E-state index in [1.807, 2.05) is 49.4 Å². The highest BCUT2D eigenvalue weighted by Crippen LogP contribution is 2.33. The van der Waals surface area contributed by atoms with Crippen molar-refractivity contribution in [1.82, 2.24) is 4.90 Å². The number of thioether (sulfide) groups is 1. The predicted molar refractivity (Wildman–Crippen MR) is 111 cm³/mol. The van der Waals surface area contributed by atoms with E-state index >= 15 is 0 Å². The SMILES string of the molecule is COC(=O)COc1ccc(/C=C2/SC(=Nc3ccccc3C)N(C)C2=O)cc1. The van der Waals surface area contributed by atoms with E-state index in [9.17, 15) is 9.59 Å². The van der Waals surface area contributed by atoms with Gasteiger partial charge in [-0.15, -0.1) is 0 Å². The smallest absolute Gasteiger partial charge is 0.343 e. The molecular formula is C21H20N2O4S. The van der Waals surface area contributed by atoms with Crippen molar-refractivity contribution >= 4 is 40.6 Å². The van der Waals surface area contributed by atoms with Gasteiger partial charge in [-0.05, 0) is 54.1 Å². The van der Waals surface area contributed by atoms with Gasteiger partial charge in [-0.25, -0.2) is 9.79 Å². The Morgan fingerprint density at radius 1 is 1.18 bits per heavy atom. The number of benzene rings is 2. The fourth-order valence-electron chi connectivity index (χ4n) is 2.46. The zero-order valence-corrected chi connectivity index (χ0v) is 16.7. The Labute approximate surface area is 167 Å². The molecule has 0 aliphatic carbocycles. The second kappa shape index (κ2) is 8.75. The van der Waals surface area contributed by atoms with Gasteiger partial charge in [0.25, 0.3) is 5.91 Å². The summed E-state index contributed by atoms with van der Waals surface area (Å²) in [6.45, 7) is 1.84. The summed E-state index contributed by atoms with van der Waals surface area (Å²) in [7, 11) is 3.03. The van der Waals surface area contributed by atoms with Gasteiger partial charge in [0.05, 0.1) is 17.7 Å². The van der Waals surface area contributed by atoms with Crippen molar-refractivity contribution in [3.05, 3.63) is 64.6 Å². The number of esters is 1. The lowest BCUT2D eigenvalue weighted by Crippen LogP contribution is -2.23. The van der Waals surface area contributed by atoms with Gasteiger partial charge in [-0.3, -0.25) is 9.69 Å². The first-order valence-corrected chi connectivity index (χ1v) is 9.41. The molecule has 6 nitrogen and oxygen atoms in total. The van der Waals surface area contributed by atoms with E-state index < -0.39 is 5.97 Å². The first-order valence-electron chi connectivity index (χ1n) is 8.59. The van der Waals surface area contributed by atoms with Gasteiger partial charge < -0.3 is 9.47 Å². The lowest BCUT2D eigenvalue weighted by Gasteiger charge is -2.08. The van der Waals surface area contributed by atoms with Crippen LogP contribution in [0.1, 0.15) is 11.1 Å². The second-order valence-electron chi connectivity index (χ2n) is 6.09. The third-order valence-electron chi connectivity index (χ3n) is 4.10. The Morgan fingerprint density at radius 2 is 1.89 bits per heavy atom. The number of likely N-dealkylation sites (N-methyl/N-ethyl adjacent to an activating group) is 1. The first-order chi connectivity index (χ1) is 13.5. The van der Waals surface area contributed by atoms with Crippen LogP contribution in [0.2, 0.25) is 0 Å². The largest absolute Gasteiger partial charge is 0.482 e. The lowest BCUT2D eigenvalue weighted by atomic mass is 10.2. The number of amides is 1. The zero-order valence-electron chi connectivity index (χ0n) is 15.8. The monoisotopic (exact) mass is 396 g/mol. The summed E-state index contributed by atoms with van der Waals surface area (Å²) in [4.78, 5) is 30.4. The fourth-order valence-corrected chi connectivity index (χ4v) is 3.44. The lowest BCUT2D eigenvalue weighted by molar-refractivity contribution is -0.142. The maximum atomic E-state index is 12.6. The predicted octanol–water partition coefficient (Wildman–Crippen LogP) is 3.78. The molecule has 1 aliphatic heterocycles. The fraction of sp³-hybridized carbons (Fsp3) is 0.190. The molecule has 2 aromatic rings. The molecular weight excluding hydrogens is 376 g/mol. The Bertz CT molecular complexity index is 951. The van der Waals surface area contributed by atoms with Crippen molar-refractivity contribution in [2.45, 2.75) is 6.92 Å². The van der Waals surface area contributed by atoms with E-state index in [-0.39, 0.29) is 12.5 Å². The van der Waals surface area contributed by atoms with Crippen LogP contribution < -0.4 is 4.74 Å². The molecule has 0 atom stereocenters. The quantitative estimate of drug-likeness (QED) is 0.568. The van der Waals surface area contributed by atoms with Crippen LogP contribution in [0.25, 0.3) is 6.08 Å². The molecule has 0 aromatic heterocycles. The highest BCUT2D eigenvalue weighted by molar-refractivity contribution is 8.18. The van der Waals surface area contributed by atoms with Crippen molar-refractivity contribution in [3.63, 3.8) is 0 Å². The number of carbonyl (C=O) groups is 2. The number of carbonyl (C=O) groups excluding carboxylic acids is 2. The molecule has 0 spiro atoms. The van der Waals surface area contributed by atoms with Gasteiger partial charge in [-0.1, -0.05) is 30.3 Å². The van der Waals surface area contributed by atoms with E-state index in [1.54, 1.807) is 24.1 Å². The summed E-state index contributed by atoms with van der Waals surface area (Å²) in [6, 6.07) is 14.9. The highest BCUT2D eigenvalue weighted by Gasteiger charge is 2.30. The van der Waals surface area contributed by atoms with Gasteiger partial charge in [0.1, 0.15) is 5.75 Å². The molecule has 2 aromatic carbocycles. The molecule has 0 radical (unpaired) electrons. The molecule has 7 heteroatoms. The number of hydrogen-bond acceptors (Lipinski definition) is 6. The minimum atomic E-state index is -0.442. The van der Waals surface area contributed by atoms with Crippen molar-refractivity contribution in [1.29, 1.82) is 0 Å². The van der Waals surface area contributed by atoms with E-state index in [1.165, 1.54) is 18.9 Å². The number of nitrogens with zero attached hydrogens (tertiary/aromatic N) is 2. The molecule has 144 valence electrons. The van der Waals surface area contributed by atoms with Crippen molar-refractivity contribution in [2.75, 3.05) is 20.8 Å². The molecule has 1 heterocycles. The maximum Gasteiger partial charge on any atom is 0.343 e. The van der Waals surface area contributed by atoms with Crippen molar-refractivity contribution in [3.8, 4) is 5.75 Å². The molecule has 0 N–H and O–H groups in total. The van der Waals surface area contributed by atoms with Crippen LogP contribution in [0.5, 0.6) is 5.75 Å². The van der Waals surface area contributed by atoms with Gasteiger partial charge in [0, 0.05) is 7.05 Å². The van der Waals surface area contributed by atoms with Crippen molar-refractivity contribution < 1.29 is 19.1 Å². The van der Waals surface area contributed by atoms with Gasteiger partial charge in [-0.2, -0.15) is 0 Å². The highest BCUT2D eigenvalue weighted by atomic mass is 32.2. The van der Waals surface area contributed by atoms with Crippen LogP contribution in [0, 0.1) is 6.92 Å². The average Bonchev–Trinajstić information content (AvgIpc) is 2.96. The average molecular weight is 396 g/mol. The second-order valence-corrected chi connectivity index (χ2v) is 7.10. The minimum absolute atomic E-state index is 0.0941. The number of hydrogen-bond donors (Lipinski definition) is 0. The summed E-state index contributed by atoms with van der Waals surface area (Å²) in [5, 5.41) is 0.642. The van der Waals surface area contributed by atoms with Crippen LogP contribution >= 0.6 is 11.8 Å². The van der Waals surface area contributed by atoms with Crippen LogP contribution in [0.4, 0.5) is 5.69 Å². The molecule has 1 amide bonds. The number of aliphatic imine (C=N–C) groups is 1. The van der Waals surface area contributed by atoms with Gasteiger partial charge in [0.2, 0.25) is 0 Å². The summed E-state index contributed by atoms with van der Waals surface area (Å²) >= 11 is 1.34. The molecule has 0 unspecified atom stereocenters. The number of rotatable bonds is 5. The van der Waals surface area contributed by atoms with E-state index in [0.29, 0.717) is 15.8 Å². The number of amidine groups is 1. The molecule has 0 saturated carbocycles. The summed E-state index contributed by atoms with van der Waals surface area (Å²) in [6.07, 6.45) is 1.81. The number of para-hydroxylation sites is 1. The zero-order chi connectivity index (χ0) is 20.1. The van der Waals surface area contributed by atoms with Gasteiger partial charge >= 0.3 is 5.97 Å². The third-order valence-corrected chi connectivity index (χ3v) is 5.16. The van der Waals surface area contributed by atoms with Crippen LogP contribution in [0.3, 0.4) is 0 Å². The maximum absolute atomic E-state index is 12.6. The normalized spacial score (nSPS) is 16.7. The minimum Gasteiger partial charge on any atom is -0.482 e. The van der Waals surface area contributed by atoms with Crippen LogP contribution in [-0.2, 0) is 14.3 Å². The van der Waals surface area contributed by atoms with E-state index in [0.717, 1.165) is 16.8 Å². The molecule has 1 saturated heterocycles. The standard InChI is InChI=1S/C21H20N2O4S/c1-14-6-4-5-7-17(14)22-21-23(2)20(25)18(28-21)12-15-8-10-16(11-9-15)27-13-19(24)26-3/h4-12H,13H2,1-3H3/b18-12+,22-21?. The molecule has 28 heavy (non-hydrogen) atoms. The Hall–Kier alpha value is -3.06. The van der Waals surface area contributed by atoms with E-state index in [4.69, 9.17) is 4.74 Å². The Morgan fingerprint density at radius 3 is 2.57 bits per heavy atom. The van der Waals surface area contributed by atoms with Crippen molar-refractivity contribution in [2.24, 2.45) is 4.99 Å². The molecule has 0 bridgehead atoms. The summed E-state index contributed by atoms with van der Waals surface area (Å²) in [5.74, 6) is 0.0166. The van der Waals surface area contributed by atoms with Crippen LogP contribution in [-0.4, -0.2) is 42.7 Å².